The highest BCUT2D eigenvalue weighted by atomic mass is 16.2. The van der Waals surface area contributed by atoms with E-state index in [1.165, 1.54) is 0 Å². The molecule has 1 atom stereocenters. The van der Waals surface area contributed by atoms with Crippen molar-refractivity contribution in [2.45, 2.75) is 31.8 Å². The SMILES string of the molecule is CC(NC(=O)c1ccccc1)C(=O)Nc1cccc(-c2nnnn2C2CC2)c1. The minimum Gasteiger partial charge on any atom is -0.341 e. The summed E-state index contributed by atoms with van der Waals surface area (Å²) in [4.78, 5) is 24.7. The molecule has 1 fully saturated rings. The molecule has 2 aromatic carbocycles. The molecular formula is C20H20N6O2. The topological polar surface area (TPSA) is 102 Å². The van der Waals surface area contributed by atoms with Gasteiger partial charge in [-0.1, -0.05) is 30.3 Å². The third-order valence-electron chi connectivity index (χ3n) is 4.55. The molecule has 2 N–H and O–H groups in total. The molecule has 1 heterocycles. The number of carbonyl (C=O) groups excluding carboxylic acids is 2. The van der Waals surface area contributed by atoms with E-state index in [4.69, 9.17) is 0 Å². The summed E-state index contributed by atoms with van der Waals surface area (Å²) in [6.07, 6.45) is 2.15. The Balaban J connectivity index is 1.43. The number of nitrogens with one attached hydrogen (secondary N) is 2. The van der Waals surface area contributed by atoms with Gasteiger partial charge < -0.3 is 10.6 Å². The summed E-state index contributed by atoms with van der Waals surface area (Å²) < 4.78 is 1.82. The molecule has 0 spiro atoms. The van der Waals surface area contributed by atoms with Crippen LogP contribution in [0.25, 0.3) is 11.4 Å². The third-order valence-corrected chi connectivity index (χ3v) is 4.55. The molecule has 1 aliphatic carbocycles. The van der Waals surface area contributed by atoms with Crippen molar-refractivity contribution in [2.75, 3.05) is 5.32 Å². The van der Waals surface area contributed by atoms with Crippen molar-refractivity contribution in [2.24, 2.45) is 0 Å². The van der Waals surface area contributed by atoms with E-state index in [9.17, 15) is 9.59 Å². The Labute approximate surface area is 162 Å². The van der Waals surface area contributed by atoms with Crippen LogP contribution in [0.2, 0.25) is 0 Å². The summed E-state index contributed by atoms with van der Waals surface area (Å²) in [6.45, 7) is 1.65. The second-order valence-electron chi connectivity index (χ2n) is 6.81. The maximum Gasteiger partial charge on any atom is 0.251 e. The molecule has 28 heavy (non-hydrogen) atoms. The van der Waals surface area contributed by atoms with E-state index in [0.29, 0.717) is 23.1 Å². The van der Waals surface area contributed by atoms with Gasteiger partial charge in [0, 0.05) is 16.8 Å². The molecule has 0 saturated heterocycles. The monoisotopic (exact) mass is 376 g/mol. The fourth-order valence-corrected chi connectivity index (χ4v) is 2.87. The molecule has 8 nitrogen and oxygen atoms in total. The first-order chi connectivity index (χ1) is 13.6. The fraction of sp³-hybridized carbons (Fsp3) is 0.250. The Morgan fingerprint density at radius 3 is 2.64 bits per heavy atom. The summed E-state index contributed by atoms with van der Waals surface area (Å²) in [5, 5.41) is 17.5. The zero-order chi connectivity index (χ0) is 19.5. The van der Waals surface area contributed by atoms with Gasteiger partial charge in [0.25, 0.3) is 5.91 Å². The van der Waals surface area contributed by atoms with Gasteiger partial charge in [0.1, 0.15) is 6.04 Å². The number of carbonyl (C=O) groups is 2. The van der Waals surface area contributed by atoms with Crippen molar-refractivity contribution in [3.8, 4) is 11.4 Å². The molecule has 0 radical (unpaired) electrons. The van der Waals surface area contributed by atoms with Crippen LogP contribution in [0.4, 0.5) is 5.69 Å². The lowest BCUT2D eigenvalue weighted by molar-refractivity contribution is -0.117. The van der Waals surface area contributed by atoms with Gasteiger partial charge >= 0.3 is 0 Å². The average Bonchev–Trinajstić information content (AvgIpc) is 3.45. The lowest BCUT2D eigenvalue weighted by Gasteiger charge is -2.14. The van der Waals surface area contributed by atoms with E-state index in [2.05, 4.69) is 26.2 Å². The molecule has 1 aliphatic rings. The molecule has 3 aromatic rings. The van der Waals surface area contributed by atoms with Gasteiger partial charge in [-0.05, 0) is 54.5 Å². The largest absolute Gasteiger partial charge is 0.341 e. The van der Waals surface area contributed by atoms with E-state index in [0.717, 1.165) is 18.4 Å². The highest BCUT2D eigenvalue weighted by Gasteiger charge is 2.28. The van der Waals surface area contributed by atoms with Gasteiger partial charge in [-0.3, -0.25) is 9.59 Å². The van der Waals surface area contributed by atoms with Crippen LogP contribution in [0.3, 0.4) is 0 Å². The van der Waals surface area contributed by atoms with E-state index >= 15 is 0 Å². The van der Waals surface area contributed by atoms with Crippen molar-refractivity contribution < 1.29 is 9.59 Å². The molecule has 1 aromatic heterocycles. The van der Waals surface area contributed by atoms with Gasteiger partial charge in [-0.15, -0.1) is 5.10 Å². The van der Waals surface area contributed by atoms with Crippen LogP contribution >= 0.6 is 0 Å². The number of anilines is 1. The van der Waals surface area contributed by atoms with Crippen molar-refractivity contribution in [3.05, 3.63) is 60.2 Å². The summed E-state index contributed by atoms with van der Waals surface area (Å²) in [7, 11) is 0. The first-order valence-electron chi connectivity index (χ1n) is 9.17. The van der Waals surface area contributed by atoms with Crippen molar-refractivity contribution in [1.29, 1.82) is 0 Å². The average molecular weight is 376 g/mol. The maximum absolute atomic E-state index is 12.5. The molecular weight excluding hydrogens is 356 g/mol. The zero-order valence-corrected chi connectivity index (χ0v) is 15.4. The molecule has 4 rings (SSSR count). The minimum absolute atomic E-state index is 0.291. The second kappa shape index (κ2) is 7.59. The quantitative estimate of drug-likeness (QED) is 0.688. The van der Waals surface area contributed by atoms with Crippen LogP contribution in [-0.2, 0) is 4.79 Å². The number of hydrogen-bond donors (Lipinski definition) is 2. The predicted molar refractivity (Wildman–Crippen MR) is 104 cm³/mol. The number of benzene rings is 2. The first-order valence-corrected chi connectivity index (χ1v) is 9.17. The smallest absolute Gasteiger partial charge is 0.251 e. The van der Waals surface area contributed by atoms with Crippen LogP contribution < -0.4 is 10.6 Å². The molecule has 1 unspecified atom stereocenters. The van der Waals surface area contributed by atoms with Crippen LogP contribution in [0.15, 0.2) is 54.6 Å². The Morgan fingerprint density at radius 1 is 1.11 bits per heavy atom. The van der Waals surface area contributed by atoms with E-state index in [1.807, 2.05) is 28.9 Å². The molecule has 1 saturated carbocycles. The third kappa shape index (κ3) is 3.90. The van der Waals surface area contributed by atoms with Crippen molar-refractivity contribution >= 4 is 17.5 Å². The summed E-state index contributed by atoms with van der Waals surface area (Å²) >= 11 is 0. The standard InChI is InChI=1S/C20H20N6O2/c1-13(21-20(28)14-6-3-2-4-7-14)19(27)22-16-9-5-8-15(12-16)18-23-24-25-26(18)17-10-11-17/h2-9,12-13,17H,10-11H2,1H3,(H,21,28)(H,22,27). The van der Waals surface area contributed by atoms with Gasteiger partial charge in [0.15, 0.2) is 5.82 Å². The van der Waals surface area contributed by atoms with E-state index in [1.54, 1.807) is 37.3 Å². The number of rotatable bonds is 6. The summed E-state index contributed by atoms with van der Waals surface area (Å²) in [5.41, 5.74) is 1.96. The van der Waals surface area contributed by atoms with Crippen LogP contribution in [0.1, 0.15) is 36.2 Å². The lowest BCUT2D eigenvalue weighted by atomic mass is 10.1. The second-order valence-corrected chi connectivity index (χ2v) is 6.81. The van der Waals surface area contributed by atoms with Crippen molar-refractivity contribution in [1.82, 2.24) is 25.5 Å². The number of tetrazole rings is 1. The molecule has 2 amide bonds. The Morgan fingerprint density at radius 2 is 1.89 bits per heavy atom. The van der Waals surface area contributed by atoms with Crippen LogP contribution in [0.5, 0.6) is 0 Å². The van der Waals surface area contributed by atoms with Gasteiger partial charge in [0.2, 0.25) is 5.91 Å². The normalized spacial score (nSPS) is 14.3. The predicted octanol–water partition coefficient (Wildman–Crippen LogP) is 2.43. The number of nitrogens with zero attached hydrogens (tertiary/aromatic N) is 4. The fourth-order valence-electron chi connectivity index (χ4n) is 2.87. The summed E-state index contributed by atoms with van der Waals surface area (Å²) in [6, 6.07) is 15.8. The Bertz CT molecular complexity index is 997. The van der Waals surface area contributed by atoms with E-state index < -0.39 is 6.04 Å². The number of amides is 2. The Kier molecular flexibility index (Phi) is 4.84. The molecule has 142 valence electrons. The number of hydrogen-bond acceptors (Lipinski definition) is 5. The Hall–Kier alpha value is -3.55. The van der Waals surface area contributed by atoms with Crippen molar-refractivity contribution in [3.63, 3.8) is 0 Å². The van der Waals surface area contributed by atoms with Crippen LogP contribution in [0, 0.1) is 0 Å². The minimum atomic E-state index is -0.687. The van der Waals surface area contributed by atoms with Gasteiger partial charge in [-0.25, -0.2) is 4.68 Å². The summed E-state index contributed by atoms with van der Waals surface area (Å²) in [5.74, 6) is 0.0906. The maximum atomic E-state index is 12.5. The molecule has 0 aliphatic heterocycles. The molecule has 0 bridgehead atoms. The van der Waals surface area contributed by atoms with E-state index in [-0.39, 0.29) is 11.8 Å². The lowest BCUT2D eigenvalue weighted by Crippen LogP contribution is -2.41. The number of aromatic nitrogens is 4. The highest BCUT2D eigenvalue weighted by Crippen LogP contribution is 2.36. The van der Waals surface area contributed by atoms with Gasteiger partial charge in [-0.2, -0.15) is 0 Å². The first kappa shape index (κ1) is 17.8. The highest BCUT2D eigenvalue weighted by molar-refractivity contribution is 6.01. The van der Waals surface area contributed by atoms with Crippen LogP contribution in [-0.4, -0.2) is 38.1 Å². The molecule has 8 heteroatoms. The van der Waals surface area contributed by atoms with Gasteiger partial charge in [0.05, 0.1) is 6.04 Å². The zero-order valence-electron chi connectivity index (χ0n) is 15.4.